The first-order chi connectivity index (χ1) is 16.7. The fourth-order valence-corrected chi connectivity index (χ4v) is 5.83. The van der Waals surface area contributed by atoms with Gasteiger partial charge in [0.1, 0.15) is 5.75 Å². The molecule has 0 N–H and O–H groups in total. The van der Waals surface area contributed by atoms with Crippen LogP contribution in [0.15, 0.2) is 54.6 Å². The molecule has 0 aliphatic carbocycles. The lowest BCUT2D eigenvalue weighted by atomic mass is 9.95. The Bertz CT molecular complexity index is 1130. The largest absolute Gasteiger partial charge is 0.497 e. The van der Waals surface area contributed by atoms with Crippen LogP contribution >= 0.6 is 11.3 Å². The van der Waals surface area contributed by atoms with Gasteiger partial charge in [-0.3, -0.25) is 9.69 Å². The van der Waals surface area contributed by atoms with Crippen molar-refractivity contribution in [3.63, 3.8) is 0 Å². The van der Waals surface area contributed by atoms with Gasteiger partial charge in [0.25, 0.3) is 0 Å². The van der Waals surface area contributed by atoms with E-state index < -0.39 is 0 Å². The maximum atomic E-state index is 13.2. The molecule has 2 saturated heterocycles. The summed E-state index contributed by atoms with van der Waals surface area (Å²) in [6.07, 6.45) is 6.20. The SMILES string of the molecule is COc1ccc2nc(N3CCC(C(=O)N4CCN(C/C=C/c5ccccc5)CC4)CC3)sc2c1. The van der Waals surface area contributed by atoms with Gasteiger partial charge in [-0.1, -0.05) is 53.8 Å². The summed E-state index contributed by atoms with van der Waals surface area (Å²) in [6, 6.07) is 16.4. The van der Waals surface area contributed by atoms with Crippen LogP contribution in [0.4, 0.5) is 5.13 Å². The lowest BCUT2D eigenvalue weighted by Crippen LogP contribution is -2.51. The number of thiazole rings is 1. The summed E-state index contributed by atoms with van der Waals surface area (Å²) >= 11 is 1.70. The Labute approximate surface area is 205 Å². The van der Waals surface area contributed by atoms with Crippen molar-refractivity contribution in [3.8, 4) is 5.75 Å². The highest BCUT2D eigenvalue weighted by atomic mass is 32.1. The molecule has 0 bridgehead atoms. The van der Waals surface area contributed by atoms with Crippen molar-refractivity contribution in [2.75, 3.05) is 57.8 Å². The smallest absolute Gasteiger partial charge is 0.225 e. The van der Waals surface area contributed by atoms with E-state index in [0.717, 1.165) is 79.8 Å². The van der Waals surface area contributed by atoms with Crippen LogP contribution in [0.5, 0.6) is 5.75 Å². The highest BCUT2D eigenvalue weighted by Crippen LogP contribution is 2.33. The first-order valence-corrected chi connectivity index (χ1v) is 12.9. The normalized spacial score (nSPS) is 18.1. The van der Waals surface area contributed by atoms with Crippen LogP contribution in [0.2, 0.25) is 0 Å². The first kappa shape index (κ1) is 22.9. The second-order valence-corrected chi connectivity index (χ2v) is 10.0. The summed E-state index contributed by atoms with van der Waals surface area (Å²) in [7, 11) is 1.69. The average Bonchev–Trinajstić information content (AvgIpc) is 3.33. The van der Waals surface area contributed by atoms with Crippen LogP contribution in [0.25, 0.3) is 16.3 Å². The minimum absolute atomic E-state index is 0.134. The Kier molecular flexibility index (Phi) is 7.11. The van der Waals surface area contributed by atoms with E-state index in [2.05, 4.69) is 51.1 Å². The van der Waals surface area contributed by atoms with Gasteiger partial charge in [-0.2, -0.15) is 0 Å². The minimum atomic E-state index is 0.134. The standard InChI is InChI=1S/C27H32N4O2S/c1-33-23-9-10-24-25(20-23)34-27(28-24)31-14-11-22(12-15-31)26(32)30-18-16-29(17-19-30)13-5-8-21-6-3-2-4-7-21/h2-10,20,22H,11-19H2,1H3/b8-5+. The van der Waals surface area contributed by atoms with E-state index in [1.165, 1.54) is 5.56 Å². The molecule has 0 saturated carbocycles. The molecule has 0 spiro atoms. The van der Waals surface area contributed by atoms with Crippen molar-refractivity contribution in [1.82, 2.24) is 14.8 Å². The van der Waals surface area contributed by atoms with Gasteiger partial charge >= 0.3 is 0 Å². The summed E-state index contributed by atoms with van der Waals surface area (Å²) in [5, 5.41) is 1.05. The molecule has 178 valence electrons. The third-order valence-corrected chi connectivity index (χ3v) is 7.94. The number of methoxy groups -OCH3 is 1. The van der Waals surface area contributed by atoms with Gasteiger partial charge in [-0.05, 0) is 36.6 Å². The van der Waals surface area contributed by atoms with Crippen molar-refractivity contribution in [1.29, 1.82) is 0 Å². The fraction of sp³-hybridized carbons (Fsp3) is 0.407. The van der Waals surface area contributed by atoms with Crippen LogP contribution in [0, 0.1) is 5.92 Å². The third kappa shape index (κ3) is 5.26. The highest BCUT2D eigenvalue weighted by molar-refractivity contribution is 7.22. The number of piperidine rings is 1. The second-order valence-electron chi connectivity index (χ2n) is 9.03. The van der Waals surface area contributed by atoms with E-state index >= 15 is 0 Å². The number of fused-ring (bicyclic) bond motifs is 1. The molecular formula is C27H32N4O2S. The first-order valence-electron chi connectivity index (χ1n) is 12.1. The van der Waals surface area contributed by atoms with Gasteiger partial charge in [0, 0.05) is 51.7 Å². The van der Waals surface area contributed by atoms with Crippen LogP contribution in [0.1, 0.15) is 18.4 Å². The summed E-state index contributed by atoms with van der Waals surface area (Å²) in [4.78, 5) is 24.8. The van der Waals surface area contributed by atoms with Gasteiger partial charge in [0.15, 0.2) is 5.13 Å². The summed E-state index contributed by atoms with van der Waals surface area (Å²) in [5.41, 5.74) is 2.24. The Morgan fingerprint density at radius 1 is 1.06 bits per heavy atom. The summed E-state index contributed by atoms with van der Waals surface area (Å²) < 4.78 is 6.48. The molecule has 0 atom stereocenters. The number of carbonyl (C=O) groups is 1. The van der Waals surface area contributed by atoms with Crippen LogP contribution < -0.4 is 9.64 Å². The Balaban J connectivity index is 1.08. The van der Waals surface area contributed by atoms with Crippen molar-refractivity contribution in [2.45, 2.75) is 12.8 Å². The van der Waals surface area contributed by atoms with Gasteiger partial charge < -0.3 is 14.5 Å². The van der Waals surface area contributed by atoms with E-state index in [9.17, 15) is 4.79 Å². The molecule has 7 heteroatoms. The molecule has 2 aliphatic heterocycles. The zero-order chi connectivity index (χ0) is 23.3. The van der Waals surface area contributed by atoms with E-state index in [0.29, 0.717) is 5.91 Å². The predicted molar refractivity (Wildman–Crippen MR) is 140 cm³/mol. The molecule has 2 aromatic carbocycles. The maximum absolute atomic E-state index is 13.2. The lowest BCUT2D eigenvalue weighted by Gasteiger charge is -2.38. The second kappa shape index (κ2) is 10.6. The molecule has 0 radical (unpaired) electrons. The summed E-state index contributed by atoms with van der Waals surface area (Å²) in [5.74, 6) is 1.34. The number of ether oxygens (including phenoxy) is 1. The molecular weight excluding hydrogens is 444 g/mol. The zero-order valence-corrected chi connectivity index (χ0v) is 20.5. The average molecular weight is 477 g/mol. The molecule has 3 heterocycles. The maximum Gasteiger partial charge on any atom is 0.225 e. The monoisotopic (exact) mass is 476 g/mol. The molecule has 0 unspecified atom stereocenters. The topological polar surface area (TPSA) is 48.9 Å². The highest BCUT2D eigenvalue weighted by Gasteiger charge is 2.31. The molecule has 3 aromatic rings. The Morgan fingerprint density at radius 3 is 2.56 bits per heavy atom. The van der Waals surface area contributed by atoms with Crippen molar-refractivity contribution in [2.24, 2.45) is 5.92 Å². The minimum Gasteiger partial charge on any atom is -0.497 e. The molecule has 1 aromatic heterocycles. The van der Waals surface area contributed by atoms with E-state index in [-0.39, 0.29) is 5.92 Å². The molecule has 34 heavy (non-hydrogen) atoms. The third-order valence-electron chi connectivity index (χ3n) is 6.86. The van der Waals surface area contributed by atoms with Crippen molar-refractivity contribution in [3.05, 3.63) is 60.2 Å². The Morgan fingerprint density at radius 2 is 1.82 bits per heavy atom. The van der Waals surface area contributed by atoms with Crippen LogP contribution in [-0.2, 0) is 4.79 Å². The van der Waals surface area contributed by atoms with E-state index in [1.807, 2.05) is 24.3 Å². The van der Waals surface area contributed by atoms with E-state index in [4.69, 9.17) is 9.72 Å². The van der Waals surface area contributed by atoms with Crippen LogP contribution in [-0.4, -0.2) is 73.6 Å². The molecule has 2 fully saturated rings. The van der Waals surface area contributed by atoms with Crippen molar-refractivity contribution >= 4 is 38.7 Å². The number of anilines is 1. The number of aromatic nitrogens is 1. The lowest BCUT2D eigenvalue weighted by molar-refractivity contribution is -0.137. The molecule has 5 rings (SSSR count). The number of nitrogens with zero attached hydrogens (tertiary/aromatic N) is 4. The zero-order valence-electron chi connectivity index (χ0n) is 19.7. The number of rotatable bonds is 6. The number of piperazine rings is 1. The number of hydrogen-bond acceptors (Lipinski definition) is 6. The van der Waals surface area contributed by atoms with E-state index in [1.54, 1.807) is 18.4 Å². The van der Waals surface area contributed by atoms with Crippen LogP contribution in [0.3, 0.4) is 0 Å². The number of amides is 1. The van der Waals surface area contributed by atoms with Gasteiger partial charge in [0.2, 0.25) is 5.91 Å². The molecule has 6 nitrogen and oxygen atoms in total. The predicted octanol–water partition coefficient (Wildman–Crippen LogP) is 4.38. The van der Waals surface area contributed by atoms with Gasteiger partial charge in [-0.25, -0.2) is 4.98 Å². The van der Waals surface area contributed by atoms with Gasteiger partial charge in [-0.15, -0.1) is 0 Å². The Hall–Kier alpha value is -2.90. The quantitative estimate of drug-likeness (QED) is 0.529. The molecule has 1 amide bonds. The summed E-state index contributed by atoms with van der Waals surface area (Å²) in [6.45, 7) is 6.26. The fourth-order valence-electron chi connectivity index (χ4n) is 4.78. The van der Waals surface area contributed by atoms with Gasteiger partial charge in [0.05, 0.1) is 17.3 Å². The molecule has 2 aliphatic rings. The van der Waals surface area contributed by atoms with Crippen molar-refractivity contribution < 1.29 is 9.53 Å². The number of benzene rings is 2. The number of carbonyl (C=O) groups excluding carboxylic acids is 1. The number of hydrogen-bond donors (Lipinski definition) is 0.